The largest absolute Gasteiger partial charge is 0.496 e. The Bertz CT molecular complexity index is 1300. The average Bonchev–Trinajstić information content (AvgIpc) is 3.41. The number of benzene rings is 2. The fourth-order valence-electron chi connectivity index (χ4n) is 3.48. The lowest BCUT2D eigenvalue weighted by Gasteiger charge is -2.16. The number of hydrogen-bond donors (Lipinski definition) is 1. The molecule has 0 aliphatic rings. The minimum Gasteiger partial charge on any atom is -0.496 e. The number of aromatic nitrogens is 4. The van der Waals surface area contributed by atoms with Crippen LogP contribution in [0.1, 0.15) is 10.4 Å². The van der Waals surface area contributed by atoms with Crippen LogP contribution in [0, 0.1) is 0 Å². The lowest BCUT2D eigenvalue weighted by atomic mass is 10.1. The number of halogens is 3. The first-order valence-electron chi connectivity index (χ1n) is 9.78. The molecular weight excluding hydrogens is 439 g/mol. The summed E-state index contributed by atoms with van der Waals surface area (Å²) in [5.74, 6) is -0.824. The van der Waals surface area contributed by atoms with Gasteiger partial charge in [-0.1, -0.05) is 6.07 Å². The zero-order chi connectivity index (χ0) is 23.8. The van der Waals surface area contributed by atoms with Gasteiger partial charge in [0.1, 0.15) is 29.9 Å². The predicted octanol–water partition coefficient (Wildman–Crippen LogP) is 3.74. The number of nitrogens with one attached hydrogen (secondary N) is 1. The number of fused-ring (bicyclic) bond motifs is 1. The summed E-state index contributed by atoms with van der Waals surface area (Å²) in [6.45, 7) is -1.47. The minimum atomic E-state index is -4.54. The maximum Gasteiger partial charge on any atom is 0.405 e. The lowest BCUT2D eigenvalue weighted by Crippen LogP contribution is -2.34. The first kappa shape index (κ1) is 22.2. The number of aryl methyl sites for hydroxylation is 1. The van der Waals surface area contributed by atoms with Gasteiger partial charge in [-0.2, -0.15) is 18.3 Å². The van der Waals surface area contributed by atoms with E-state index in [1.54, 1.807) is 27.7 Å². The topological polar surface area (TPSA) is 83.2 Å². The summed E-state index contributed by atoms with van der Waals surface area (Å²) in [7, 11) is 4.49. The molecule has 0 aliphatic heterocycles. The zero-order valence-corrected chi connectivity index (χ0v) is 18.0. The van der Waals surface area contributed by atoms with Crippen LogP contribution in [0.25, 0.3) is 28.0 Å². The highest BCUT2D eigenvalue weighted by molar-refractivity contribution is 6.00. The molecular formula is C22H20F3N5O3. The Hall–Kier alpha value is -4.02. The van der Waals surface area contributed by atoms with Crippen LogP contribution in [-0.4, -0.2) is 52.2 Å². The van der Waals surface area contributed by atoms with Crippen molar-refractivity contribution in [1.82, 2.24) is 24.6 Å². The molecule has 1 amide bonds. The van der Waals surface area contributed by atoms with Crippen molar-refractivity contribution >= 4 is 16.9 Å². The summed E-state index contributed by atoms with van der Waals surface area (Å²) >= 11 is 0. The van der Waals surface area contributed by atoms with Crippen LogP contribution >= 0.6 is 0 Å². The van der Waals surface area contributed by atoms with E-state index in [2.05, 4.69) is 10.1 Å². The molecule has 8 nitrogen and oxygen atoms in total. The van der Waals surface area contributed by atoms with Crippen molar-refractivity contribution in [2.24, 2.45) is 7.05 Å². The lowest BCUT2D eigenvalue weighted by molar-refractivity contribution is -0.123. The van der Waals surface area contributed by atoms with E-state index in [0.717, 1.165) is 16.8 Å². The Labute approximate surface area is 186 Å². The molecule has 4 aromatic rings. The normalized spacial score (nSPS) is 11.6. The second-order valence-electron chi connectivity index (χ2n) is 7.22. The first-order chi connectivity index (χ1) is 15.7. The Balaban J connectivity index is 1.74. The van der Waals surface area contributed by atoms with E-state index in [9.17, 15) is 18.0 Å². The summed E-state index contributed by atoms with van der Waals surface area (Å²) in [4.78, 5) is 16.9. The van der Waals surface area contributed by atoms with Gasteiger partial charge in [0.15, 0.2) is 0 Å². The predicted molar refractivity (Wildman–Crippen MR) is 115 cm³/mol. The van der Waals surface area contributed by atoms with E-state index in [1.807, 2.05) is 42.8 Å². The Kier molecular flexibility index (Phi) is 5.71. The zero-order valence-electron chi connectivity index (χ0n) is 18.0. The fourth-order valence-corrected chi connectivity index (χ4v) is 3.48. The van der Waals surface area contributed by atoms with Gasteiger partial charge in [0.05, 0.1) is 36.6 Å². The van der Waals surface area contributed by atoms with Crippen LogP contribution in [0.4, 0.5) is 13.2 Å². The Morgan fingerprint density at radius 1 is 1.09 bits per heavy atom. The second kappa shape index (κ2) is 8.49. The molecule has 2 aromatic heterocycles. The monoisotopic (exact) mass is 459 g/mol. The minimum absolute atomic E-state index is 0.0657. The summed E-state index contributed by atoms with van der Waals surface area (Å²) in [5, 5.41) is 6.24. The molecule has 2 heterocycles. The van der Waals surface area contributed by atoms with Crippen molar-refractivity contribution in [2.75, 3.05) is 20.8 Å². The van der Waals surface area contributed by atoms with Crippen LogP contribution in [0.5, 0.6) is 11.5 Å². The van der Waals surface area contributed by atoms with Crippen molar-refractivity contribution < 1.29 is 27.4 Å². The molecule has 2 aromatic carbocycles. The summed E-state index contributed by atoms with van der Waals surface area (Å²) in [5.41, 5.74) is 3.63. The van der Waals surface area contributed by atoms with Gasteiger partial charge in [0.25, 0.3) is 5.91 Å². The van der Waals surface area contributed by atoms with Gasteiger partial charge in [0.2, 0.25) is 0 Å². The van der Waals surface area contributed by atoms with Crippen molar-refractivity contribution in [1.29, 1.82) is 0 Å². The van der Waals surface area contributed by atoms with E-state index in [4.69, 9.17) is 9.47 Å². The van der Waals surface area contributed by atoms with E-state index in [-0.39, 0.29) is 17.1 Å². The number of imidazole rings is 1. The average molecular weight is 459 g/mol. The number of nitrogens with zero attached hydrogens (tertiary/aromatic N) is 4. The van der Waals surface area contributed by atoms with Crippen LogP contribution < -0.4 is 14.8 Å². The molecule has 11 heteroatoms. The highest BCUT2D eigenvalue weighted by Crippen LogP contribution is 2.34. The first-order valence-corrected chi connectivity index (χ1v) is 9.78. The van der Waals surface area contributed by atoms with E-state index < -0.39 is 18.6 Å². The quantitative estimate of drug-likeness (QED) is 0.475. The summed E-state index contributed by atoms with van der Waals surface area (Å²) < 4.78 is 51.7. The van der Waals surface area contributed by atoms with Crippen LogP contribution in [0.3, 0.4) is 0 Å². The number of hydrogen-bond acceptors (Lipinski definition) is 5. The third kappa shape index (κ3) is 4.47. The third-order valence-electron chi connectivity index (χ3n) is 5.00. The number of rotatable bonds is 6. The SMILES string of the molecule is COc1cc(-n2cnc3cc(-c4ccn(C)n4)ccc32)cc(OC)c1C(=O)NCC(F)(F)F. The molecule has 0 atom stereocenters. The van der Waals surface area contributed by atoms with E-state index in [0.29, 0.717) is 11.2 Å². The van der Waals surface area contributed by atoms with E-state index in [1.165, 1.54) is 14.2 Å². The molecule has 0 radical (unpaired) electrons. The standard InChI is InChI=1S/C22H20F3N5O3/c1-29-7-6-15(28-29)13-4-5-17-16(8-13)27-12-30(17)14-9-18(32-2)20(19(10-14)33-3)21(31)26-11-22(23,24)25/h4-10,12H,11H2,1-3H3,(H,26,31). The van der Waals surface area contributed by atoms with Crippen molar-refractivity contribution in [2.45, 2.75) is 6.18 Å². The molecule has 172 valence electrons. The van der Waals surface area contributed by atoms with Gasteiger partial charge < -0.3 is 14.8 Å². The number of amides is 1. The fraction of sp³-hybridized carbons (Fsp3) is 0.227. The van der Waals surface area contributed by atoms with Gasteiger partial charge in [-0.25, -0.2) is 4.98 Å². The smallest absolute Gasteiger partial charge is 0.405 e. The summed E-state index contributed by atoms with van der Waals surface area (Å²) in [6, 6.07) is 10.7. The molecule has 0 unspecified atom stereocenters. The number of ether oxygens (including phenoxy) is 2. The van der Waals surface area contributed by atoms with E-state index >= 15 is 0 Å². The maximum absolute atomic E-state index is 12.5. The van der Waals surface area contributed by atoms with Gasteiger partial charge in [-0.15, -0.1) is 0 Å². The van der Waals surface area contributed by atoms with Crippen molar-refractivity contribution in [3.8, 4) is 28.4 Å². The molecule has 0 aliphatic carbocycles. The second-order valence-corrected chi connectivity index (χ2v) is 7.22. The third-order valence-corrected chi connectivity index (χ3v) is 5.00. The van der Waals surface area contributed by atoms with Gasteiger partial charge >= 0.3 is 6.18 Å². The van der Waals surface area contributed by atoms with Gasteiger partial charge in [-0.05, 0) is 18.2 Å². The number of carbonyl (C=O) groups excluding carboxylic acids is 1. The molecule has 0 spiro atoms. The Morgan fingerprint density at radius 3 is 2.36 bits per heavy atom. The molecule has 0 bridgehead atoms. The molecule has 0 saturated heterocycles. The van der Waals surface area contributed by atoms with Crippen molar-refractivity contribution in [3.05, 3.63) is 54.5 Å². The van der Waals surface area contributed by atoms with Gasteiger partial charge in [0, 0.05) is 30.9 Å². The molecule has 0 saturated carbocycles. The highest BCUT2D eigenvalue weighted by Gasteiger charge is 2.30. The van der Waals surface area contributed by atoms with Crippen LogP contribution in [0.2, 0.25) is 0 Å². The maximum atomic E-state index is 12.5. The van der Waals surface area contributed by atoms with Crippen LogP contribution in [0.15, 0.2) is 48.9 Å². The van der Waals surface area contributed by atoms with Gasteiger partial charge in [-0.3, -0.25) is 14.0 Å². The summed E-state index contributed by atoms with van der Waals surface area (Å²) in [6.07, 6.45) is -1.09. The number of methoxy groups -OCH3 is 2. The number of carbonyl (C=O) groups is 1. The number of alkyl halides is 3. The molecule has 4 rings (SSSR count). The molecule has 1 N–H and O–H groups in total. The van der Waals surface area contributed by atoms with Crippen LogP contribution in [-0.2, 0) is 7.05 Å². The van der Waals surface area contributed by atoms with Crippen molar-refractivity contribution in [3.63, 3.8) is 0 Å². The molecule has 33 heavy (non-hydrogen) atoms. The molecule has 0 fully saturated rings. The highest BCUT2D eigenvalue weighted by atomic mass is 19.4. The Morgan fingerprint density at radius 2 is 1.79 bits per heavy atom.